The fraction of sp³-hybridized carbons (Fsp3) is 0.514. The van der Waals surface area contributed by atoms with E-state index in [9.17, 15) is 0 Å². The molecule has 0 radical (unpaired) electrons. The second-order valence-corrected chi connectivity index (χ2v) is 13.8. The zero-order valence-corrected chi connectivity index (χ0v) is 28.2. The van der Waals surface area contributed by atoms with Gasteiger partial charge in [-0.3, -0.25) is 0 Å². The highest BCUT2D eigenvalue weighted by atomic mass is 16.5. The number of piperidine rings is 2. The van der Waals surface area contributed by atoms with Crippen molar-refractivity contribution in [3.8, 4) is 0 Å². The van der Waals surface area contributed by atoms with Crippen LogP contribution in [0, 0.1) is 18.8 Å². The molecular weight excluding hydrogens is 572 g/mol. The number of rotatable bonds is 9. The summed E-state index contributed by atoms with van der Waals surface area (Å²) in [5.41, 5.74) is 20.1. The maximum absolute atomic E-state index is 6.48. The van der Waals surface area contributed by atoms with E-state index in [2.05, 4.69) is 75.9 Å². The van der Waals surface area contributed by atoms with Crippen molar-refractivity contribution < 1.29 is 4.74 Å². The molecule has 2 fully saturated rings. The van der Waals surface area contributed by atoms with Crippen LogP contribution >= 0.6 is 0 Å². The molecule has 9 nitrogen and oxygen atoms in total. The van der Waals surface area contributed by atoms with E-state index < -0.39 is 0 Å². The van der Waals surface area contributed by atoms with Crippen molar-refractivity contribution in [1.82, 2.24) is 19.8 Å². The van der Waals surface area contributed by atoms with Crippen LogP contribution in [-0.4, -0.2) is 86.8 Å². The third-order valence-corrected chi connectivity index (χ3v) is 10.4. The van der Waals surface area contributed by atoms with Crippen molar-refractivity contribution in [2.45, 2.75) is 45.6 Å². The van der Waals surface area contributed by atoms with Crippen LogP contribution in [0.2, 0.25) is 0 Å². The molecule has 3 aliphatic rings. The second kappa shape index (κ2) is 14.3. The average molecular weight is 625 g/mol. The van der Waals surface area contributed by atoms with Gasteiger partial charge in [0.05, 0.1) is 12.6 Å². The molecule has 1 aromatic heterocycles. The van der Waals surface area contributed by atoms with Crippen molar-refractivity contribution >= 4 is 28.1 Å². The molecule has 4 heterocycles. The third-order valence-electron chi connectivity index (χ3n) is 10.4. The van der Waals surface area contributed by atoms with E-state index in [0.717, 1.165) is 72.3 Å². The van der Waals surface area contributed by atoms with Gasteiger partial charge in [0.2, 0.25) is 0 Å². The predicted octanol–water partition coefficient (Wildman–Crippen LogP) is 4.74. The average Bonchev–Trinajstić information content (AvgIpc) is 3.07. The van der Waals surface area contributed by atoms with Gasteiger partial charge in [-0.1, -0.05) is 6.07 Å². The summed E-state index contributed by atoms with van der Waals surface area (Å²) < 4.78 is 5.07. The fourth-order valence-electron chi connectivity index (χ4n) is 7.41. The first kappa shape index (κ1) is 32.1. The number of aryl methyl sites for hydroxylation is 1. The van der Waals surface area contributed by atoms with Crippen LogP contribution in [0.25, 0.3) is 16.6 Å². The monoisotopic (exact) mass is 624 g/mol. The van der Waals surface area contributed by atoms with Crippen molar-refractivity contribution in [3.05, 3.63) is 76.9 Å². The largest absolute Gasteiger partial charge is 0.483 e. The number of anilines is 2. The van der Waals surface area contributed by atoms with Crippen LogP contribution in [0.1, 0.15) is 47.9 Å². The summed E-state index contributed by atoms with van der Waals surface area (Å²) in [7, 11) is 6.06. The molecule has 2 aromatic carbocycles. The quantitative estimate of drug-likeness (QED) is 0.258. The van der Waals surface area contributed by atoms with E-state index in [1.807, 2.05) is 0 Å². The smallest absolute Gasteiger partial charge is 0.183 e. The minimum atomic E-state index is 0.312. The number of hydrogen-bond acceptors (Lipinski definition) is 9. The van der Waals surface area contributed by atoms with Crippen LogP contribution in [0.5, 0.6) is 0 Å². The summed E-state index contributed by atoms with van der Waals surface area (Å²) in [6.07, 6.45) is 11.3. The number of methoxy groups -OCH3 is 1. The van der Waals surface area contributed by atoms with Gasteiger partial charge in [-0.25, -0.2) is 9.97 Å². The number of benzene rings is 2. The number of aromatic nitrogens is 2. The minimum Gasteiger partial charge on any atom is -0.483 e. The summed E-state index contributed by atoms with van der Waals surface area (Å²) >= 11 is 0. The Labute approximate surface area is 274 Å². The Morgan fingerprint density at radius 1 is 0.891 bits per heavy atom. The lowest BCUT2D eigenvalue weighted by atomic mass is 9.92. The molecule has 246 valence electrons. The number of nitrogens with zero attached hydrogens (tertiary/aromatic N) is 6. The lowest BCUT2D eigenvalue weighted by molar-refractivity contribution is 0.208. The standard InChI is InChI=1S/C37H52N8O/c1-26-19-30(34(38)7-8-35(39)46-4)21-33-36(26)40-25-41-37(33)44-18-13-29-5-6-32(20-31(29)24-44)45(22-27-9-14-42(2)15-10-27)23-28-11-16-43(3)17-12-28/h5-8,19-21,25,27-28H,9-18,22-24,38-39H2,1-4H3/b34-7-,35-8+. The highest BCUT2D eigenvalue weighted by Crippen LogP contribution is 2.34. The first-order valence-electron chi connectivity index (χ1n) is 17.0. The van der Waals surface area contributed by atoms with Gasteiger partial charge < -0.3 is 35.8 Å². The van der Waals surface area contributed by atoms with E-state index in [1.54, 1.807) is 25.6 Å². The van der Waals surface area contributed by atoms with Gasteiger partial charge >= 0.3 is 0 Å². The molecule has 0 saturated carbocycles. The fourth-order valence-corrected chi connectivity index (χ4v) is 7.41. The Morgan fingerprint density at radius 3 is 2.22 bits per heavy atom. The van der Waals surface area contributed by atoms with E-state index in [1.165, 1.54) is 68.7 Å². The molecule has 6 rings (SSSR count). The van der Waals surface area contributed by atoms with Crippen LogP contribution in [0.15, 0.2) is 54.7 Å². The van der Waals surface area contributed by atoms with E-state index in [-0.39, 0.29) is 0 Å². The molecule has 9 heteroatoms. The van der Waals surface area contributed by atoms with Crippen LogP contribution in [0.3, 0.4) is 0 Å². The summed E-state index contributed by atoms with van der Waals surface area (Å²) in [5.74, 6) is 2.78. The molecule has 0 atom stereocenters. The molecule has 4 N–H and O–H groups in total. The van der Waals surface area contributed by atoms with Gasteiger partial charge in [-0.2, -0.15) is 0 Å². The summed E-state index contributed by atoms with van der Waals surface area (Å²) in [6.45, 7) is 11.0. The molecule has 0 spiro atoms. The van der Waals surface area contributed by atoms with Crippen LogP contribution in [-0.2, 0) is 17.7 Å². The predicted molar refractivity (Wildman–Crippen MR) is 190 cm³/mol. The highest BCUT2D eigenvalue weighted by Gasteiger charge is 2.26. The number of ether oxygens (including phenoxy) is 1. The zero-order valence-electron chi connectivity index (χ0n) is 28.2. The maximum Gasteiger partial charge on any atom is 0.183 e. The number of fused-ring (bicyclic) bond motifs is 2. The molecule has 3 aromatic rings. The molecule has 3 aliphatic heterocycles. The van der Waals surface area contributed by atoms with Gasteiger partial charge in [-0.05, 0) is 150 Å². The number of nitrogens with two attached hydrogens (primary N) is 2. The summed E-state index contributed by atoms with van der Waals surface area (Å²) in [5, 5.41) is 1.02. The summed E-state index contributed by atoms with van der Waals surface area (Å²) in [6, 6.07) is 11.5. The third kappa shape index (κ3) is 7.42. The Kier molecular flexibility index (Phi) is 9.99. The topological polar surface area (TPSA) is 100 Å². The molecule has 0 amide bonds. The SMILES string of the molecule is CO/C(N)=C/C=C(\N)c1cc(C)c2ncnc(N3CCc4ccc(N(CC5CCN(C)CC5)CC5CCN(C)CC5)cc4C3)c2c1. The van der Waals surface area contributed by atoms with E-state index >= 15 is 0 Å². The highest BCUT2D eigenvalue weighted by molar-refractivity contribution is 5.94. The molecule has 2 saturated heterocycles. The maximum atomic E-state index is 6.48. The number of likely N-dealkylation sites (tertiary alicyclic amines) is 2. The van der Waals surface area contributed by atoms with Gasteiger partial charge in [0.25, 0.3) is 0 Å². The van der Waals surface area contributed by atoms with Gasteiger partial charge in [0.15, 0.2) is 5.88 Å². The Bertz CT molecular complexity index is 1550. The van der Waals surface area contributed by atoms with E-state index in [4.69, 9.17) is 21.2 Å². The zero-order chi connectivity index (χ0) is 32.2. The van der Waals surface area contributed by atoms with Crippen molar-refractivity contribution in [3.63, 3.8) is 0 Å². The van der Waals surface area contributed by atoms with Gasteiger partial charge in [0.1, 0.15) is 12.1 Å². The van der Waals surface area contributed by atoms with Crippen molar-refractivity contribution in [2.24, 2.45) is 23.3 Å². The van der Waals surface area contributed by atoms with Gasteiger partial charge in [0, 0.05) is 42.9 Å². The van der Waals surface area contributed by atoms with Crippen molar-refractivity contribution in [2.75, 3.05) is 76.8 Å². The number of hydrogen-bond donors (Lipinski definition) is 2. The Balaban J connectivity index is 1.27. The molecule has 0 bridgehead atoms. The van der Waals surface area contributed by atoms with Crippen LogP contribution < -0.4 is 21.3 Å². The first-order valence-corrected chi connectivity index (χ1v) is 17.0. The van der Waals surface area contributed by atoms with E-state index in [0.29, 0.717) is 11.6 Å². The Morgan fingerprint density at radius 2 is 1.57 bits per heavy atom. The normalized spacial score (nSPS) is 19.4. The van der Waals surface area contributed by atoms with Gasteiger partial charge in [-0.15, -0.1) is 0 Å². The summed E-state index contributed by atoms with van der Waals surface area (Å²) in [4.78, 5) is 19.6. The van der Waals surface area contributed by atoms with Crippen molar-refractivity contribution in [1.29, 1.82) is 0 Å². The molecular formula is C37H52N8O. The number of allylic oxidation sites excluding steroid dienone is 2. The lowest BCUT2D eigenvalue weighted by Crippen LogP contribution is -2.41. The first-order chi connectivity index (χ1) is 22.3. The molecule has 0 aliphatic carbocycles. The molecule has 0 unspecified atom stereocenters. The minimum absolute atomic E-state index is 0.312. The van der Waals surface area contributed by atoms with Crippen LogP contribution in [0.4, 0.5) is 11.5 Å². The lowest BCUT2D eigenvalue weighted by Gasteiger charge is -2.38. The second-order valence-electron chi connectivity index (χ2n) is 13.8. The molecule has 46 heavy (non-hydrogen) atoms. The Hall–Kier alpha value is -3.82.